The summed E-state index contributed by atoms with van der Waals surface area (Å²) in [5.41, 5.74) is 0. The molecule has 50 valence electrons. The minimum Gasteiger partial charge on any atom is -0.378 e. The first-order valence-electron chi connectivity index (χ1n) is 3.48. The van der Waals surface area contributed by atoms with Gasteiger partial charge in [0.25, 0.3) is 0 Å². The van der Waals surface area contributed by atoms with Crippen LogP contribution in [0.25, 0.3) is 0 Å². The van der Waals surface area contributed by atoms with Gasteiger partial charge in [0.15, 0.2) is 0 Å². The van der Waals surface area contributed by atoms with Crippen molar-refractivity contribution in [2.75, 3.05) is 6.61 Å². The average molecular weight is 124 g/mol. The molecule has 1 heteroatoms. The van der Waals surface area contributed by atoms with Gasteiger partial charge < -0.3 is 4.74 Å². The second-order valence-corrected chi connectivity index (χ2v) is 2.38. The van der Waals surface area contributed by atoms with Crippen LogP contribution in [0.1, 0.15) is 25.7 Å². The molecule has 0 saturated carbocycles. The summed E-state index contributed by atoms with van der Waals surface area (Å²) >= 11 is 0. The van der Waals surface area contributed by atoms with E-state index in [4.69, 9.17) is 11.2 Å². The van der Waals surface area contributed by atoms with Crippen molar-refractivity contribution in [3.8, 4) is 12.3 Å². The van der Waals surface area contributed by atoms with E-state index in [2.05, 4.69) is 5.92 Å². The fourth-order valence-corrected chi connectivity index (χ4v) is 0.944. The minimum absolute atomic E-state index is 0.540. The third-order valence-electron chi connectivity index (χ3n) is 1.64. The molecule has 0 amide bonds. The summed E-state index contributed by atoms with van der Waals surface area (Å²) in [4.78, 5) is 0. The van der Waals surface area contributed by atoms with Crippen molar-refractivity contribution >= 4 is 0 Å². The van der Waals surface area contributed by atoms with E-state index in [1.165, 1.54) is 6.42 Å². The van der Waals surface area contributed by atoms with Crippen LogP contribution in [0.3, 0.4) is 0 Å². The molecule has 1 nitrogen and oxygen atoms in total. The highest BCUT2D eigenvalue weighted by molar-refractivity contribution is 4.83. The van der Waals surface area contributed by atoms with Gasteiger partial charge in [-0.3, -0.25) is 0 Å². The summed E-state index contributed by atoms with van der Waals surface area (Å²) in [6.45, 7) is 0.959. The molecule has 1 rings (SSSR count). The van der Waals surface area contributed by atoms with E-state index < -0.39 is 0 Å². The maximum absolute atomic E-state index is 5.21. The number of unbranched alkanes of at least 4 members (excludes halogenated alkanes) is 1. The summed E-state index contributed by atoms with van der Waals surface area (Å²) in [5, 5.41) is 0. The molecule has 0 radical (unpaired) electrons. The van der Waals surface area contributed by atoms with Gasteiger partial charge in [0.05, 0.1) is 6.10 Å². The zero-order chi connectivity index (χ0) is 6.53. The first kappa shape index (κ1) is 6.64. The molecular formula is C8H12O. The maximum atomic E-state index is 5.21. The summed E-state index contributed by atoms with van der Waals surface area (Å²) < 4.78 is 5.21. The zero-order valence-electron chi connectivity index (χ0n) is 5.60. The van der Waals surface area contributed by atoms with Gasteiger partial charge in [-0.1, -0.05) is 0 Å². The minimum atomic E-state index is 0.540. The van der Waals surface area contributed by atoms with E-state index in [1.807, 2.05) is 0 Å². The normalized spacial score (nSPS) is 24.6. The molecule has 1 unspecified atom stereocenters. The molecule has 0 aromatic heterocycles. The van der Waals surface area contributed by atoms with Gasteiger partial charge in [-0.2, -0.15) is 0 Å². The zero-order valence-corrected chi connectivity index (χ0v) is 5.60. The number of terminal acetylenes is 1. The van der Waals surface area contributed by atoms with Crippen LogP contribution in [0, 0.1) is 12.3 Å². The second kappa shape index (κ2) is 3.53. The third-order valence-corrected chi connectivity index (χ3v) is 1.64. The predicted molar refractivity (Wildman–Crippen MR) is 37.0 cm³/mol. The van der Waals surface area contributed by atoms with Crippen molar-refractivity contribution < 1.29 is 4.74 Å². The predicted octanol–water partition coefficient (Wildman–Crippen LogP) is 1.58. The SMILES string of the molecule is C#CCCCC1CCO1. The molecule has 0 aromatic carbocycles. The van der Waals surface area contributed by atoms with Crippen molar-refractivity contribution in [1.29, 1.82) is 0 Å². The number of hydrogen-bond donors (Lipinski definition) is 0. The Labute approximate surface area is 56.4 Å². The standard InChI is InChI=1S/C8H12O/c1-2-3-4-5-8-6-7-9-8/h1,8H,3-7H2. The Morgan fingerprint density at radius 3 is 2.89 bits per heavy atom. The van der Waals surface area contributed by atoms with Crippen LogP contribution >= 0.6 is 0 Å². The maximum Gasteiger partial charge on any atom is 0.0597 e. The monoisotopic (exact) mass is 124 g/mol. The number of rotatable bonds is 3. The molecule has 0 N–H and O–H groups in total. The Kier molecular flexibility index (Phi) is 2.60. The number of ether oxygens (including phenoxy) is 1. The van der Waals surface area contributed by atoms with Crippen molar-refractivity contribution in [3.05, 3.63) is 0 Å². The molecule has 0 aromatic rings. The van der Waals surface area contributed by atoms with Gasteiger partial charge in [-0.05, 0) is 19.3 Å². The lowest BCUT2D eigenvalue weighted by Crippen LogP contribution is -2.26. The van der Waals surface area contributed by atoms with Crippen molar-refractivity contribution in [2.45, 2.75) is 31.8 Å². The molecule has 1 heterocycles. The Hall–Kier alpha value is -0.480. The van der Waals surface area contributed by atoms with E-state index in [0.717, 1.165) is 25.9 Å². The molecule has 0 bridgehead atoms. The molecule has 1 atom stereocenters. The van der Waals surface area contributed by atoms with Crippen molar-refractivity contribution in [3.63, 3.8) is 0 Å². The van der Waals surface area contributed by atoms with Gasteiger partial charge in [0.1, 0.15) is 0 Å². The highest BCUT2D eigenvalue weighted by Gasteiger charge is 2.16. The lowest BCUT2D eigenvalue weighted by molar-refractivity contribution is -0.0551. The lowest BCUT2D eigenvalue weighted by atomic mass is 10.1. The van der Waals surface area contributed by atoms with Gasteiger partial charge in [-0.15, -0.1) is 12.3 Å². The van der Waals surface area contributed by atoms with E-state index >= 15 is 0 Å². The molecule has 1 saturated heterocycles. The van der Waals surface area contributed by atoms with Crippen LogP contribution in [-0.2, 0) is 4.74 Å². The molecule has 0 aliphatic carbocycles. The molecule has 9 heavy (non-hydrogen) atoms. The van der Waals surface area contributed by atoms with Crippen LogP contribution in [0.2, 0.25) is 0 Å². The molecule has 1 aliphatic heterocycles. The lowest BCUT2D eigenvalue weighted by Gasteiger charge is -2.25. The Morgan fingerprint density at radius 2 is 2.44 bits per heavy atom. The van der Waals surface area contributed by atoms with E-state index in [9.17, 15) is 0 Å². The summed E-state index contributed by atoms with van der Waals surface area (Å²) in [5.74, 6) is 2.62. The fraction of sp³-hybridized carbons (Fsp3) is 0.750. The first-order chi connectivity index (χ1) is 4.43. The van der Waals surface area contributed by atoms with Crippen LogP contribution in [0.4, 0.5) is 0 Å². The van der Waals surface area contributed by atoms with E-state index in [0.29, 0.717) is 6.10 Å². The summed E-state index contributed by atoms with van der Waals surface area (Å²) in [6, 6.07) is 0. The Morgan fingerprint density at radius 1 is 1.67 bits per heavy atom. The van der Waals surface area contributed by atoms with Crippen LogP contribution in [0.15, 0.2) is 0 Å². The highest BCUT2D eigenvalue weighted by Crippen LogP contribution is 2.16. The Balaban J connectivity index is 1.87. The van der Waals surface area contributed by atoms with Gasteiger partial charge >= 0.3 is 0 Å². The van der Waals surface area contributed by atoms with Crippen molar-refractivity contribution in [2.24, 2.45) is 0 Å². The van der Waals surface area contributed by atoms with Crippen molar-refractivity contribution in [1.82, 2.24) is 0 Å². The Bertz CT molecular complexity index is 108. The summed E-state index contributed by atoms with van der Waals surface area (Å²) in [7, 11) is 0. The first-order valence-corrected chi connectivity index (χ1v) is 3.48. The topological polar surface area (TPSA) is 9.23 Å². The highest BCUT2D eigenvalue weighted by atomic mass is 16.5. The molecule has 1 fully saturated rings. The number of hydrogen-bond acceptors (Lipinski definition) is 1. The largest absolute Gasteiger partial charge is 0.378 e. The third kappa shape index (κ3) is 2.07. The van der Waals surface area contributed by atoms with Crippen LogP contribution in [-0.4, -0.2) is 12.7 Å². The molecular weight excluding hydrogens is 112 g/mol. The van der Waals surface area contributed by atoms with Crippen LogP contribution in [0.5, 0.6) is 0 Å². The van der Waals surface area contributed by atoms with E-state index in [-0.39, 0.29) is 0 Å². The summed E-state index contributed by atoms with van der Waals surface area (Å²) in [6.07, 6.45) is 10.0. The quantitative estimate of drug-likeness (QED) is 0.410. The van der Waals surface area contributed by atoms with Gasteiger partial charge in [0.2, 0.25) is 0 Å². The van der Waals surface area contributed by atoms with E-state index in [1.54, 1.807) is 0 Å². The second-order valence-electron chi connectivity index (χ2n) is 2.38. The smallest absolute Gasteiger partial charge is 0.0597 e. The molecule has 1 aliphatic rings. The average Bonchev–Trinajstić information content (AvgIpc) is 1.76. The van der Waals surface area contributed by atoms with Gasteiger partial charge in [0, 0.05) is 13.0 Å². The fourth-order valence-electron chi connectivity index (χ4n) is 0.944. The van der Waals surface area contributed by atoms with Crippen LogP contribution < -0.4 is 0 Å². The van der Waals surface area contributed by atoms with Gasteiger partial charge in [-0.25, -0.2) is 0 Å². The molecule has 0 spiro atoms.